The van der Waals surface area contributed by atoms with Gasteiger partial charge in [-0.25, -0.2) is 0 Å². The largest absolute Gasteiger partial charge is 0.507 e. The van der Waals surface area contributed by atoms with Gasteiger partial charge in [-0.15, -0.1) is 0 Å². The summed E-state index contributed by atoms with van der Waals surface area (Å²) in [4.78, 5) is 27.7. The van der Waals surface area contributed by atoms with Crippen LogP contribution in [0.15, 0.2) is 82.8 Å². The third-order valence-corrected chi connectivity index (χ3v) is 6.21. The third-order valence-electron chi connectivity index (χ3n) is 5.32. The average Bonchev–Trinajstić information content (AvgIpc) is 3.06. The molecule has 1 aliphatic rings. The van der Waals surface area contributed by atoms with Crippen LogP contribution in [0, 0.1) is 6.92 Å². The molecule has 1 atom stereocenters. The number of amides is 1. The van der Waals surface area contributed by atoms with E-state index in [0.29, 0.717) is 17.0 Å². The standard InChI is InChI=1S/C25H20BrNO4/c1-15-13-17(11-12-20(15)26)23(28)21-22(16-7-4-3-5-8-16)27(25(30)24(21)29)18-9-6-10-19(14-18)31-2/h3-14,22,28H,1-2H3/b23-21+. The maximum Gasteiger partial charge on any atom is 0.300 e. The first-order chi connectivity index (χ1) is 14.9. The number of methoxy groups -OCH3 is 1. The van der Waals surface area contributed by atoms with Crippen LogP contribution in [0.4, 0.5) is 5.69 Å². The minimum Gasteiger partial charge on any atom is -0.507 e. The normalized spacial score (nSPS) is 17.8. The summed E-state index contributed by atoms with van der Waals surface area (Å²) >= 11 is 3.45. The van der Waals surface area contributed by atoms with E-state index in [0.717, 1.165) is 15.6 Å². The summed E-state index contributed by atoms with van der Waals surface area (Å²) in [5.41, 5.74) is 2.68. The van der Waals surface area contributed by atoms with Crippen molar-refractivity contribution in [3.05, 3.63) is 99.5 Å². The number of nitrogens with zero attached hydrogens (tertiary/aromatic N) is 1. The molecule has 5 nitrogen and oxygen atoms in total. The van der Waals surface area contributed by atoms with Crippen LogP contribution in [-0.2, 0) is 9.59 Å². The van der Waals surface area contributed by atoms with Gasteiger partial charge in [-0.05, 0) is 42.3 Å². The number of hydrogen-bond acceptors (Lipinski definition) is 4. The van der Waals surface area contributed by atoms with Crippen molar-refractivity contribution < 1.29 is 19.4 Å². The van der Waals surface area contributed by atoms with E-state index in [2.05, 4.69) is 15.9 Å². The van der Waals surface area contributed by atoms with E-state index >= 15 is 0 Å². The zero-order valence-electron chi connectivity index (χ0n) is 17.0. The van der Waals surface area contributed by atoms with Crippen molar-refractivity contribution in [1.82, 2.24) is 0 Å². The van der Waals surface area contributed by atoms with Crippen LogP contribution in [0.1, 0.15) is 22.7 Å². The Morgan fingerprint density at radius 2 is 1.74 bits per heavy atom. The molecular formula is C25H20BrNO4. The predicted molar refractivity (Wildman–Crippen MR) is 123 cm³/mol. The topological polar surface area (TPSA) is 66.8 Å². The molecule has 1 fully saturated rings. The molecule has 0 radical (unpaired) electrons. The van der Waals surface area contributed by atoms with E-state index in [9.17, 15) is 14.7 Å². The van der Waals surface area contributed by atoms with Crippen molar-refractivity contribution in [3.8, 4) is 5.75 Å². The fraction of sp³-hybridized carbons (Fsp3) is 0.120. The molecule has 31 heavy (non-hydrogen) atoms. The van der Waals surface area contributed by atoms with Gasteiger partial charge in [-0.3, -0.25) is 14.5 Å². The van der Waals surface area contributed by atoms with Gasteiger partial charge in [0.05, 0.1) is 18.7 Å². The van der Waals surface area contributed by atoms with E-state index in [1.54, 1.807) is 42.5 Å². The highest BCUT2D eigenvalue weighted by Gasteiger charge is 2.47. The molecule has 1 unspecified atom stereocenters. The molecule has 1 saturated heterocycles. The molecule has 0 spiro atoms. The van der Waals surface area contributed by atoms with Gasteiger partial charge in [0, 0.05) is 21.8 Å². The highest BCUT2D eigenvalue weighted by Crippen LogP contribution is 2.42. The number of carbonyl (C=O) groups excluding carboxylic acids is 2. The van der Waals surface area contributed by atoms with Crippen LogP contribution in [0.3, 0.4) is 0 Å². The van der Waals surface area contributed by atoms with E-state index in [1.165, 1.54) is 12.0 Å². The van der Waals surface area contributed by atoms with Gasteiger partial charge in [0.2, 0.25) is 0 Å². The molecule has 156 valence electrons. The van der Waals surface area contributed by atoms with Crippen molar-refractivity contribution in [2.24, 2.45) is 0 Å². The highest BCUT2D eigenvalue weighted by molar-refractivity contribution is 9.10. The zero-order valence-corrected chi connectivity index (χ0v) is 18.6. The Balaban J connectivity index is 1.94. The number of ether oxygens (including phenoxy) is 1. The second-order valence-electron chi connectivity index (χ2n) is 7.25. The molecule has 3 aromatic rings. The van der Waals surface area contributed by atoms with Crippen LogP contribution >= 0.6 is 15.9 Å². The number of aryl methyl sites for hydroxylation is 1. The summed E-state index contributed by atoms with van der Waals surface area (Å²) in [6.45, 7) is 1.89. The smallest absolute Gasteiger partial charge is 0.300 e. The van der Waals surface area contributed by atoms with Gasteiger partial charge >= 0.3 is 0 Å². The summed E-state index contributed by atoms with van der Waals surface area (Å²) in [5, 5.41) is 11.2. The Hall–Kier alpha value is -3.38. The molecule has 0 saturated carbocycles. The SMILES string of the molecule is COc1cccc(N2C(=O)C(=O)/C(=C(/O)c3ccc(Br)c(C)c3)C2c2ccccc2)c1. The molecule has 3 aromatic carbocycles. The Morgan fingerprint density at radius 1 is 1.00 bits per heavy atom. The fourth-order valence-electron chi connectivity index (χ4n) is 3.76. The van der Waals surface area contributed by atoms with Crippen molar-refractivity contribution in [3.63, 3.8) is 0 Å². The molecule has 1 amide bonds. The lowest BCUT2D eigenvalue weighted by Gasteiger charge is -2.25. The van der Waals surface area contributed by atoms with Gasteiger partial charge in [-0.2, -0.15) is 0 Å². The average molecular weight is 478 g/mol. The second kappa shape index (κ2) is 8.40. The van der Waals surface area contributed by atoms with Crippen molar-refractivity contribution in [2.45, 2.75) is 13.0 Å². The Morgan fingerprint density at radius 3 is 2.42 bits per heavy atom. The molecule has 1 aliphatic heterocycles. The Bertz CT molecular complexity index is 1200. The molecular weight excluding hydrogens is 458 g/mol. The third kappa shape index (κ3) is 3.75. The molecule has 6 heteroatoms. The number of halogens is 1. The van der Waals surface area contributed by atoms with Gasteiger partial charge in [-0.1, -0.05) is 58.4 Å². The minimum atomic E-state index is -0.766. The highest BCUT2D eigenvalue weighted by atomic mass is 79.9. The summed E-state index contributed by atoms with van der Waals surface area (Å²) < 4.78 is 6.19. The number of carbonyl (C=O) groups is 2. The lowest BCUT2D eigenvalue weighted by molar-refractivity contribution is -0.132. The van der Waals surface area contributed by atoms with Gasteiger partial charge in [0.15, 0.2) is 0 Å². The number of ketones is 1. The molecule has 0 aromatic heterocycles. The molecule has 0 bridgehead atoms. The molecule has 1 N–H and O–H groups in total. The van der Waals surface area contributed by atoms with Crippen LogP contribution < -0.4 is 9.64 Å². The first kappa shape index (κ1) is 20.9. The molecule has 1 heterocycles. The van der Waals surface area contributed by atoms with E-state index < -0.39 is 17.7 Å². The molecule has 4 rings (SSSR count). The number of aliphatic hydroxyl groups excluding tert-OH is 1. The van der Waals surface area contributed by atoms with Crippen LogP contribution in [0.5, 0.6) is 5.75 Å². The summed E-state index contributed by atoms with van der Waals surface area (Å²) in [5.74, 6) is -1.06. The van der Waals surface area contributed by atoms with Crippen LogP contribution in [0.2, 0.25) is 0 Å². The van der Waals surface area contributed by atoms with Crippen molar-refractivity contribution in [2.75, 3.05) is 12.0 Å². The number of rotatable bonds is 4. The molecule has 0 aliphatic carbocycles. The van der Waals surface area contributed by atoms with Crippen LogP contribution in [-0.4, -0.2) is 23.9 Å². The van der Waals surface area contributed by atoms with Gasteiger partial charge in [0.1, 0.15) is 11.5 Å². The number of Topliss-reactive ketones (excluding diaryl/α,β-unsaturated/α-hetero) is 1. The minimum absolute atomic E-state index is 0.0562. The summed E-state index contributed by atoms with van der Waals surface area (Å²) in [6, 6.07) is 20.7. The fourth-order valence-corrected chi connectivity index (χ4v) is 4.00. The summed E-state index contributed by atoms with van der Waals surface area (Å²) in [6.07, 6.45) is 0. The Labute approximate surface area is 188 Å². The number of aliphatic hydroxyl groups is 1. The zero-order chi connectivity index (χ0) is 22.1. The van der Waals surface area contributed by atoms with E-state index in [1.807, 2.05) is 37.3 Å². The number of benzene rings is 3. The van der Waals surface area contributed by atoms with Crippen LogP contribution in [0.25, 0.3) is 5.76 Å². The monoisotopic (exact) mass is 477 g/mol. The lowest BCUT2D eigenvalue weighted by atomic mass is 9.95. The number of hydrogen-bond donors (Lipinski definition) is 1. The number of anilines is 1. The van der Waals surface area contributed by atoms with E-state index in [-0.39, 0.29) is 11.3 Å². The lowest BCUT2D eigenvalue weighted by Crippen LogP contribution is -2.29. The van der Waals surface area contributed by atoms with Crippen molar-refractivity contribution >= 4 is 39.1 Å². The maximum atomic E-state index is 13.1. The Kier molecular flexibility index (Phi) is 5.65. The van der Waals surface area contributed by atoms with Gasteiger partial charge < -0.3 is 9.84 Å². The second-order valence-corrected chi connectivity index (χ2v) is 8.10. The quantitative estimate of drug-likeness (QED) is 0.310. The predicted octanol–water partition coefficient (Wildman–Crippen LogP) is 5.39. The first-order valence-corrected chi connectivity index (χ1v) is 10.5. The van der Waals surface area contributed by atoms with Crippen molar-refractivity contribution in [1.29, 1.82) is 0 Å². The summed E-state index contributed by atoms with van der Waals surface area (Å²) in [7, 11) is 1.54. The van der Waals surface area contributed by atoms with E-state index in [4.69, 9.17) is 4.74 Å². The maximum absolute atomic E-state index is 13.1. The van der Waals surface area contributed by atoms with Gasteiger partial charge in [0.25, 0.3) is 11.7 Å². The first-order valence-electron chi connectivity index (χ1n) is 9.69.